The Kier molecular flexibility index (Phi) is 1.69. The van der Waals surface area contributed by atoms with Crippen LogP contribution in [0.25, 0.3) is 0 Å². The Bertz CT molecular complexity index is 114. The minimum Gasteiger partial charge on any atom is -0.335 e. The summed E-state index contributed by atoms with van der Waals surface area (Å²) in [4.78, 5) is 1.88. The van der Waals surface area contributed by atoms with E-state index in [1.54, 1.807) is 0 Å². The standard InChI is InChI=1S/C9H17N/c1-2-8-7-10-5-3-9(8)4-6-10/h8-9H,2-7H2,1H3/p+1. The van der Waals surface area contributed by atoms with Crippen molar-refractivity contribution >= 4 is 0 Å². The zero-order valence-corrected chi connectivity index (χ0v) is 6.90. The Balaban J connectivity index is 2.01. The molecule has 1 atom stereocenters. The van der Waals surface area contributed by atoms with Gasteiger partial charge in [-0.2, -0.15) is 0 Å². The summed E-state index contributed by atoms with van der Waals surface area (Å²) in [6.45, 7) is 6.79. The lowest BCUT2D eigenvalue weighted by atomic mass is 9.78. The molecule has 2 bridgehead atoms. The third-order valence-electron chi connectivity index (χ3n) is 3.48. The molecule has 0 spiro atoms. The minimum absolute atomic E-state index is 1.08. The highest BCUT2D eigenvalue weighted by Gasteiger charge is 2.35. The molecule has 0 aromatic heterocycles. The largest absolute Gasteiger partial charge is 0.335 e. The first kappa shape index (κ1) is 6.66. The van der Waals surface area contributed by atoms with Crippen LogP contribution in [0.3, 0.4) is 0 Å². The van der Waals surface area contributed by atoms with Gasteiger partial charge in [-0.25, -0.2) is 0 Å². The van der Waals surface area contributed by atoms with Gasteiger partial charge in [-0.3, -0.25) is 0 Å². The van der Waals surface area contributed by atoms with E-state index in [0.717, 1.165) is 11.8 Å². The van der Waals surface area contributed by atoms with Gasteiger partial charge in [0.05, 0.1) is 19.6 Å². The number of nitrogens with one attached hydrogen (secondary N) is 1. The molecule has 3 fully saturated rings. The number of quaternary nitrogens is 1. The lowest BCUT2D eigenvalue weighted by Crippen LogP contribution is -3.15. The van der Waals surface area contributed by atoms with Crippen LogP contribution in [0.4, 0.5) is 0 Å². The lowest BCUT2D eigenvalue weighted by molar-refractivity contribution is -0.921. The van der Waals surface area contributed by atoms with E-state index in [1.165, 1.54) is 38.9 Å². The second kappa shape index (κ2) is 2.54. The van der Waals surface area contributed by atoms with Crippen molar-refractivity contribution in [1.29, 1.82) is 0 Å². The van der Waals surface area contributed by atoms with Crippen LogP contribution in [0.15, 0.2) is 0 Å². The fourth-order valence-corrected chi connectivity index (χ4v) is 2.74. The van der Waals surface area contributed by atoms with Crippen molar-refractivity contribution in [2.45, 2.75) is 26.2 Å². The minimum atomic E-state index is 1.08. The van der Waals surface area contributed by atoms with Gasteiger partial charge in [0.15, 0.2) is 0 Å². The number of hydrogen-bond acceptors (Lipinski definition) is 0. The molecule has 10 heavy (non-hydrogen) atoms. The molecule has 0 saturated carbocycles. The zero-order valence-electron chi connectivity index (χ0n) is 6.90. The van der Waals surface area contributed by atoms with Crippen molar-refractivity contribution in [2.75, 3.05) is 19.6 Å². The maximum absolute atomic E-state index is 2.35. The van der Waals surface area contributed by atoms with Crippen LogP contribution >= 0.6 is 0 Å². The van der Waals surface area contributed by atoms with E-state index in [9.17, 15) is 0 Å². The number of hydrogen-bond donors (Lipinski definition) is 1. The molecule has 0 radical (unpaired) electrons. The van der Waals surface area contributed by atoms with Crippen molar-refractivity contribution in [2.24, 2.45) is 11.8 Å². The summed E-state index contributed by atoms with van der Waals surface area (Å²) in [5.41, 5.74) is 0. The molecule has 3 rings (SSSR count). The van der Waals surface area contributed by atoms with E-state index < -0.39 is 0 Å². The SMILES string of the molecule is CCC1C[NH+]2CCC1CC2. The molecular formula is C9H18N+. The monoisotopic (exact) mass is 140 g/mol. The first-order valence-electron chi connectivity index (χ1n) is 4.73. The van der Waals surface area contributed by atoms with Gasteiger partial charge < -0.3 is 4.90 Å². The second-order valence-corrected chi connectivity index (χ2v) is 3.96. The van der Waals surface area contributed by atoms with E-state index in [4.69, 9.17) is 0 Å². The van der Waals surface area contributed by atoms with E-state index in [2.05, 4.69) is 6.92 Å². The second-order valence-electron chi connectivity index (χ2n) is 3.96. The van der Waals surface area contributed by atoms with Gasteiger partial charge in [-0.05, 0) is 12.3 Å². The Hall–Kier alpha value is -0.0400. The van der Waals surface area contributed by atoms with Crippen molar-refractivity contribution in [3.05, 3.63) is 0 Å². The number of piperidine rings is 3. The average Bonchev–Trinajstić information content (AvgIpc) is 2.06. The third-order valence-corrected chi connectivity index (χ3v) is 3.48. The third kappa shape index (κ3) is 0.968. The highest BCUT2D eigenvalue weighted by Crippen LogP contribution is 2.25. The van der Waals surface area contributed by atoms with Crippen LogP contribution in [0.5, 0.6) is 0 Å². The van der Waals surface area contributed by atoms with Gasteiger partial charge in [0, 0.05) is 18.8 Å². The zero-order chi connectivity index (χ0) is 6.97. The smallest absolute Gasteiger partial charge is 0.0802 e. The van der Waals surface area contributed by atoms with Gasteiger partial charge >= 0.3 is 0 Å². The van der Waals surface area contributed by atoms with Crippen LogP contribution in [-0.2, 0) is 0 Å². The van der Waals surface area contributed by atoms with Gasteiger partial charge in [0.2, 0.25) is 0 Å². The van der Waals surface area contributed by atoms with Crippen LogP contribution in [0.2, 0.25) is 0 Å². The first-order valence-corrected chi connectivity index (χ1v) is 4.73. The molecule has 0 aromatic rings. The highest BCUT2D eigenvalue weighted by molar-refractivity contribution is 4.75. The van der Waals surface area contributed by atoms with E-state index >= 15 is 0 Å². The summed E-state index contributed by atoms with van der Waals surface area (Å²) in [7, 11) is 0. The molecule has 1 heteroatoms. The quantitative estimate of drug-likeness (QED) is 0.535. The Morgan fingerprint density at radius 1 is 1.30 bits per heavy atom. The highest BCUT2D eigenvalue weighted by atomic mass is 15.1. The summed E-state index contributed by atoms with van der Waals surface area (Å²) < 4.78 is 0. The fourth-order valence-electron chi connectivity index (χ4n) is 2.74. The molecule has 3 aliphatic heterocycles. The van der Waals surface area contributed by atoms with Gasteiger partial charge in [-0.1, -0.05) is 6.92 Å². The Labute approximate surface area is 63.4 Å². The van der Waals surface area contributed by atoms with Crippen molar-refractivity contribution < 1.29 is 4.90 Å². The predicted molar refractivity (Wildman–Crippen MR) is 42.1 cm³/mol. The fraction of sp³-hybridized carbons (Fsp3) is 1.00. The predicted octanol–water partition coefficient (Wildman–Crippen LogP) is 0.321. The normalized spacial score (nSPS) is 45.9. The summed E-state index contributed by atoms with van der Waals surface area (Å²) >= 11 is 0. The molecule has 3 aliphatic rings. The Morgan fingerprint density at radius 2 is 2.00 bits per heavy atom. The molecule has 1 unspecified atom stereocenters. The van der Waals surface area contributed by atoms with Gasteiger partial charge in [-0.15, -0.1) is 0 Å². The topological polar surface area (TPSA) is 4.44 Å². The molecule has 1 N–H and O–H groups in total. The van der Waals surface area contributed by atoms with Crippen molar-refractivity contribution in [3.8, 4) is 0 Å². The molecule has 0 aromatic carbocycles. The number of fused-ring (bicyclic) bond motifs is 3. The van der Waals surface area contributed by atoms with Crippen LogP contribution in [0, 0.1) is 11.8 Å². The van der Waals surface area contributed by atoms with E-state index in [0.29, 0.717) is 0 Å². The molecule has 3 saturated heterocycles. The van der Waals surface area contributed by atoms with Gasteiger partial charge in [0.25, 0.3) is 0 Å². The van der Waals surface area contributed by atoms with E-state index in [1.807, 2.05) is 4.90 Å². The van der Waals surface area contributed by atoms with E-state index in [-0.39, 0.29) is 0 Å². The van der Waals surface area contributed by atoms with Crippen molar-refractivity contribution in [1.82, 2.24) is 0 Å². The molecule has 3 heterocycles. The summed E-state index contributed by atoms with van der Waals surface area (Å²) in [6, 6.07) is 0. The molecule has 1 nitrogen and oxygen atoms in total. The summed E-state index contributed by atoms with van der Waals surface area (Å²) in [5, 5.41) is 0. The molecule has 0 amide bonds. The lowest BCUT2D eigenvalue weighted by Gasteiger charge is -2.41. The van der Waals surface area contributed by atoms with Crippen LogP contribution in [0.1, 0.15) is 26.2 Å². The summed E-state index contributed by atoms with van der Waals surface area (Å²) in [5.74, 6) is 2.19. The molecule has 58 valence electrons. The summed E-state index contributed by atoms with van der Waals surface area (Å²) in [6.07, 6.45) is 4.47. The van der Waals surface area contributed by atoms with Gasteiger partial charge in [0.1, 0.15) is 0 Å². The van der Waals surface area contributed by atoms with Crippen LogP contribution in [-0.4, -0.2) is 19.6 Å². The average molecular weight is 140 g/mol. The maximum Gasteiger partial charge on any atom is 0.0802 e. The number of rotatable bonds is 1. The Morgan fingerprint density at radius 3 is 2.30 bits per heavy atom. The molecular weight excluding hydrogens is 122 g/mol. The van der Waals surface area contributed by atoms with Crippen molar-refractivity contribution in [3.63, 3.8) is 0 Å². The molecule has 0 aliphatic carbocycles. The maximum atomic E-state index is 2.35. The van der Waals surface area contributed by atoms with Crippen LogP contribution < -0.4 is 4.90 Å². The first-order chi connectivity index (χ1) is 4.90.